The minimum absolute atomic E-state index is 0.369. The van der Waals surface area contributed by atoms with Gasteiger partial charge in [0, 0.05) is 28.3 Å². The molecule has 1 N–H and O–H groups in total. The molecule has 4 aromatic rings. The Morgan fingerprint density at radius 1 is 0.353 bits per heavy atom. The second-order valence-corrected chi connectivity index (χ2v) is 10.4. The number of hydrogen-bond donors (Lipinski definition) is 1. The molecule has 0 aliphatic heterocycles. The molecule has 1 nitrogen and oxygen atoms in total. The van der Waals surface area contributed by atoms with E-state index in [1.54, 1.807) is 5.32 Å². The first-order chi connectivity index (χ1) is 23.6. The summed E-state index contributed by atoms with van der Waals surface area (Å²) in [5.41, 5.74) is -17.2. The van der Waals surface area contributed by atoms with Crippen molar-refractivity contribution in [1.29, 1.82) is 0 Å². The van der Waals surface area contributed by atoms with Crippen LogP contribution in [0.15, 0.2) is 0 Å². The number of halogens is 20. The Kier molecular flexibility index (Phi) is 10.7. The smallest absolute Gasteiger partial charge is 0.200 e. The van der Waals surface area contributed by atoms with Crippen LogP contribution in [0, 0.1) is 116 Å². The van der Waals surface area contributed by atoms with Crippen molar-refractivity contribution in [3.8, 4) is 0 Å². The zero-order valence-corrected chi connectivity index (χ0v) is 24.3. The van der Waals surface area contributed by atoms with Crippen LogP contribution in [-0.4, -0.2) is 6.54 Å². The highest BCUT2D eigenvalue weighted by Gasteiger charge is 2.55. The molecule has 4 rings (SSSR count). The molecule has 4 aromatic carbocycles. The van der Waals surface area contributed by atoms with Gasteiger partial charge < -0.3 is 5.32 Å². The highest BCUT2D eigenvalue weighted by atomic mass is 19.2. The molecule has 0 spiro atoms. The first kappa shape index (κ1) is 39.2. The van der Waals surface area contributed by atoms with Gasteiger partial charge in [-0.25, -0.2) is 87.8 Å². The summed E-state index contributed by atoms with van der Waals surface area (Å²) in [7, 11) is 0. The van der Waals surface area contributed by atoms with E-state index in [1.807, 2.05) is 0 Å². The number of benzene rings is 4. The van der Waals surface area contributed by atoms with Gasteiger partial charge in [-0.3, -0.25) is 0 Å². The van der Waals surface area contributed by atoms with Crippen molar-refractivity contribution in [3.05, 3.63) is 139 Å². The van der Waals surface area contributed by atoms with Gasteiger partial charge in [0.05, 0.1) is 5.41 Å². The number of rotatable bonds is 9. The van der Waals surface area contributed by atoms with Crippen molar-refractivity contribution in [2.75, 3.05) is 6.54 Å². The minimum Gasteiger partial charge on any atom is -0.310 e. The maximum Gasteiger partial charge on any atom is 0.200 e. The van der Waals surface area contributed by atoms with Crippen molar-refractivity contribution in [3.63, 3.8) is 0 Å². The van der Waals surface area contributed by atoms with Gasteiger partial charge in [0.25, 0.3) is 0 Å². The van der Waals surface area contributed by atoms with Crippen molar-refractivity contribution in [2.24, 2.45) is 0 Å². The topological polar surface area (TPSA) is 12.0 Å². The van der Waals surface area contributed by atoms with Crippen LogP contribution in [0.25, 0.3) is 0 Å². The molecular formula is C30H11F20N. The Balaban J connectivity index is 2.49. The van der Waals surface area contributed by atoms with E-state index < -0.39 is 163 Å². The molecule has 0 heterocycles. The zero-order chi connectivity index (χ0) is 38.8. The van der Waals surface area contributed by atoms with Gasteiger partial charge in [0.2, 0.25) is 23.3 Å². The second-order valence-electron chi connectivity index (χ2n) is 10.4. The van der Waals surface area contributed by atoms with Gasteiger partial charge >= 0.3 is 0 Å². The lowest BCUT2D eigenvalue weighted by atomic mass is 9.63. The van der Waals surface area contributed by atoms with Crippen molar-refractivity contribution < 1.29 is 87.8 Å². The van der Waals surface area contributed by atoms with Crippen LogP contribution < -0.4 is 5.32 Å². The van der Waals surface area contributed by atoms with Gasteiger partial charge in [-0.1, -0.05) is 6.92 Å². The molecule has 0 aliphatic carbocycles. The molecule has 1 unspecified atom stereocenters. The van der Waals surface area contributed by atoms with Crippen LogP contribution in [0.3, 0.4) is 0 Å². The molecule has 0 radical (unpaired) electrons. The monoisotopic (exact) mass is 765 g/mol. The second kappa shape index (κ2) is 13.9. The maximum atomic E-state index is 15.7. The SMILES string of the molecule is CCCNC(CC(c1c(F)c(F)c(F)c(F)c1F)(c1c(F)c(F)c(F)c(F)c1F)c1c(F)c(F)c(F)c(F)c1F)c1c(F)c(F)c(F)c(F)c1F. The van der Waals surface area contributed by atoms with Crippen molar-refractivity contribution >= 4 is 0 Å². The Bertz CT molecular complexity index is 1810. The van der Waals surface area contributed by atoms with Crippen molar-refractivity contribution in [2.45, 2.75) is 31.2 Å². The minimum atomic E-state index is -5.29. The summed E-state index contributed by atoms with van der Waals surface area (Å²) in [5.74, 6) is -65.1. The third kappa shape index (κ3) is 5.72. The van der Waals surface area contributed by atoms with E-state index in [2.05, 4.69) is 0 Å². The van der Waals surface area contributed by atoms with Crippen molar-refractivity contribution in [1.82, 2.24) is 5.32 Å². The zero-order valence-electron chi connectivity index (χ0n) is 24.3. The third-order valence-corrected chi connectivity index (χ3v) is 7.65. The van der Waals surface area contributed by atoms with E-state index in [9.17, 15) is 52.7 Å². The van der Waals surface area contributed by atoms with E-state index >= 15 is 35.1 Å². The van der Waals surface area contributed by atoms with Gasteiger partial charge in [0.15, 0.2) is 93.1 Å². The Hall–Kier alpha value is -4.56. The molecule has 0 saturated carbocycles. The van der Waals surface area contributed by atoms with Crippen LogP contribution in [0.4, 0.5) is 87.8 Å². The quantitative estimate of drug-likeness (QED) is 0.0775. The molecule has 276 valence electrons. The predicted octanol–water partition coefficient (Wildman–Crippen LogP) is 9.93. The molecule has 0 amide bonds. The first-order valence-corrected chi connectivity index (χ1v) is 13.4. The average Bonchev–Trinajstić information content (AvgIpc) is 3.10. The lowest BCUT2D eigenvalue weighted by Gasteiger charge is -2.40. The fraction of sp³-hybridized carbons (Fsp3) is 0.200. The molecule has 0 saturated heterocycles. The lowest BCUT2D eigenvalue weighted by molar-refractivity contribution is 0.287. The van der Waals surface area contributed by atoms with Gasteiger partial charge in [0.1, 0.15) is 0 Å². The number of nitrogens with one attached hydrogen (secondary N) is 1. The molecular weight excluding hydrogens is 754 g/mol. The molecule has 1 atom stereocenters. The Morgan fingerprint density at radius 2 is 0.569 bits per heavy atom. The Morgan fingerprint density at radius 3 is 0.804 bits per heavy atom. The summed E-state index contributed by atoms with van der Waals surface area (Å²) in [5, 5.41) is 1.79. The van der Waals surface area contributed by atoms with E-state index in [-0.39, 0.29) is 6.42 Å². The van der Waals surface area contributed by atoms with E-state index in [4.69, 9.17) is 0 Å². The summed E-state index contributed by atoms with van der Waals surface area (Å²) in [6, 6.07) is -3.27. The molecule has 0 aliphatic rings. The van der Waals surface area contributed by atoms with E-state index in [0.29, 0.717) is 0 Å². The first-order valence-electron chi connectivity index (χ1n) is 13.4. The highest BCUT2D eigenvalue weighted by Crippen LogP contribution is 2.53. The fourth-order valence-corrected chi connectivity index (χ4v) is 5.45. The fourth-order valence-electron chi connectivity index (χ4n) is 5.45. The van der Waals surface area contributed by atoms with Crippen LogP contribution in [0.1, 0.15) is 48.1 Å². The third-order valence-electron chi connectivity index (χ3n) is 7.65. The molecule has 0 fully saturated rings. The molecule has 51 heavy (non-hydrogen) atoms. The normalized spacial score (nSPS) is 12.6. The summed E-state index contributed by atoms with van der Waals surface area (Å²) >= 11 is 0. The predicted molar refractivity (Wildman–Crippen MR) is 130 cm³/mol. The highest BCUT2D eigenvalue weighted by molar-refractivity contribution is 5.55. The van der Waals surface area contributed by atoms with E-state index in [1.165, 1.54) is 0 Å². The maximum absolute atomic E-state index is 15.7. The molecule has 0 aromatic heterocycles. The Labute approximate surface area is 270 Å². The standard InChI is InChI=1S/C30H11F20N/c1-2-3-51-5(6-10(31)18(39)26(47)19(40)11(6)32)4-30(7-12(33)20(41)27(48)21(42)13(7)34,8-14(35)22(43)28(49)23(44)15(8)36)9-16(37)24(45)29(50)25(46)17(9)38/h5,51H,2-4H2,1H3. The summed E-state index contributed by atoms with van der Waals surface area (Å²) < 4.78 is 298. The summed E-state index contributed by atoms with van der Waals surface area (Å²) in [6.07, 6.45) is -3.17. The van der Waals surface area contributed by atoms with Gasteiger partial charge in [-0.15, -0.1) is 0 Å². The summed E-state index contributed by atoms with van der Waals surface area (Å²) in [6.45, 7) is 0.250. The molecule has 0 bridgehead atoms. The number of hydrogen-bond acceptors (Lipinski definition) is 1. The largest absolute Gasteiger partial charge is 0.310 e. The van der Waals surface area contributed by atoms with E-state index in [0.717, 1.165) is 6.92 Å². The summed E-state index contributed by atoms with van der Waals surface area (Å²) in [4.78, 5) is 0. The van der Waals surface area contributed by atoms with Crippen LogP contribution >= 0.6 is 0 Å². The van der Waals surface area contributed by atoms with Crippen LogP contribution in [0.2, 0.25) is 0 Å². The van der Waals surface area contributed by atoms with Crippen LogP contribution in [-0.2, 0) is 5.41 Å². The lowest BCUT2D eigenvalue weighted by Crippen LogP contribution is -2.43. The van der Waals surface area contributed by atoms with Gasteiger partial charge in [-0.05, 0) is 19.4 Å². The van der Waals surface area contributed by atoms with Crippen LogP contribution in [0.5, 0.6) is 0 Å². The molecule has 21 heteroatoms. The van der Waals surface area contributed by atoms with Gasteiger partial charge in [-0.2, -0.15) is 0 Å². The average molecular weight is 765 g/mol.